The van der Waals surface area contributed by atoms with Crippen LogP contribution in [0.15, 0.2) is 0 Å². The minimum atomic E-state index is 0.704. The van der Waals surface area contributed by atoms with Gasteiger partial charge in [0.15, 0.2) is 0 Å². The Balaban J connectivity index is -0.000000266. The molecule has 1 atom stereocenters. The molecule has 2 heteroatoms. The molecule has 0 aliphatic carbocycles. The summed E-state index contributed by atoms with van der Waals surface area (Å²) in [6.07, 6.45) is 1.23. The molecule has 14 heavy (non-hydrogen) atoms. The van der Waals surface area contributed by atoms with E-state index in [9.17, 15) is 0 Å². The average molecular weight is 204 g/mol. The van der Waals surface area contributed by atoms with Gasteiger partial charge >= 0.3 is 0 Å². The second-order valence-corrected chi connectivity index (χ2v) is 3.29. The lowest BCUT2D eigenvalue weighted by atomic mass is 10.2. The Bertz CT molecular complexity index is 80.4. The first-order valence-electron chi connectivity index (χ1n) is 5.89. The van der Waals surface area contributed by atoms with Gasteiger partial charge in [0, 0.05) is 12.6 Å². The number of hydrogen-bond acceptors (Lipinski definition) is 2. The third kappa shape index (κ3) is 14.4. The van der Waals surface area contributed by atoms with Gasteiger partial charge in [0.2, 0.25) is 0 Å². The van der Waals surface area contributed by atoms with E-state index in [4.69, 9.17) is 0 Å². The molecule has 0 aromatic heterocycles. The summed E-state index contributed by atoms with van der Waals surface area (Å²) in [7, 11) is 8.51. The van der Waals surface area contributed by atoms with Crippen LogP contribution in [0.1, 0.15) is 41.0 Å². The predicted molar refractivity (Wildman–Crippen MR) is 69.0 cm³/mol. The first-order valence-corrected chi connectivity index (χ1v) is 5.89. The normalized spacial score (nSPS) is 11.4. The van der Waals surface area contributed by atoms with Gasteiger partial charge in [-0.15, -0.1) is 0 Å². The first-order chi connectivity index (χ1) is 6.57. The fourth-order valence-electron chi connectivity index (χ4n) is 1.08. The molecule has 0 N–H and O–H groups in total. The van der Waals surface area contributed by atoms with Crippen LogP contribution in [-0.4, -0.2) is 50.6 Å². The highest BCUT2D eigenvalue weighted by Crippen LogP contribution is 1.98. The summed E-state index contributed by atoms with van der Waals surface area (Å²) in [6, 6.07) is 0.704. The van der Waals surface area contributed by atoms with Crippen LogP contribution in [0.25, 0.3) is 0 Å². The second kappa shape index (κ2) is 15.4. The standard InChI is InChI=1S/C8H20N2.2C2H6/c1-6-8(10(4)5)7-9(2)3;2*1-2/h8H,6-7H2,1-5H3;2*1-2H3. The molecule has 0 bridgehead atoms. The summed E-state index contributed by atoms with van der Waals surface area (Å²) >= 11 is 0. The molecule has 0 aliphatic rings. The monoisotopic (exact) mass is 204 g/mol. The van der Waals surface area contributed by atoms with Crippen molar-refractivity contribution in [2.24, 2.45) is 0 Å². The maximum atomic E-state index is 2.28. The Morgan fingerprint density at radius 3 is 1.29 bits per heavy atom. The predicted octanol–water partition coefficient (Wildman–Crippen LogP) is 2.94. The molecule has 0 radical (unpaired) electrons. The summed E-state index contributed by atoms with van der Waals surface area (Å²) in [5.41, 5.74) is 0. The van der Waals surface area contributed by atoms with Gasteiger partial charge in [-0.05, 0) is 34.6 Å². The molecule has 0 rings (SSSR count). The maximum absolute atomic E-state index is 2.28. The second-order valence-electron chi connectivity index (χ2n) is 3.29. The number of hydrogen-bond donors (Lipinski definition) is 0. The lowest BCUT2D eigenvalue weighted by molar-refractivity contribution is 0.223. The topological polar surface area (TPSA) is 6.48 Å². The zero-order chi connectivity index (χ0) is 12.1. The molecular formula is C12H32N2. The molecule has 0 aromatic carbocycles. The highest BCUT2D eigenvalue weighted by atomic mass is 15.2. The third-order valence-corrected chi connectivity index (χ3v) is 1.78. The van der Waals surface area contributed by atoms with E-state index in [1.54, 1.807) is 0 Å². The van der Waals surface area contributed by atoms with E-state index >= 15 is 0 Å². The molecule has 1 unspecified atom stereocenters. The zero-order valence-electron chi connectivity index (χ0n) is 11.9. The Morgan fingerprint density at radius 1 is 0.857 bits per heavy atom. The number of nitrogens with zero attached hydrogens (tertiary/aromatic N) is 2. The van der Waals surface area contributed by atoms with E-state index < -0.39 is 0 Å². The van der Waals surface area contributed by atoms with Crippen molar-refractivity contribution in [2.75, 3.05) is 34.7 Å². The van der Waals surface area contributed by atoms with Crippen molar-refractivity contribution in [3.8, 4) is 0 Å². The van der Waals surface area contributed by atoms with Gasteiger partial charge in [0.25, 0.3) is 0 Å². The lowest BCUT2D eigenvalue weighted by Crippen LogP contribution is -2.36. The van der Waals surface area contributed by atoms with E-state index in [0.29, 0.717) is 6.04 Å². The van der Waals surface area contributed by atoms with Gasteiger partial charge in [-0.2, -0.15) is 0 Å². The zero-order valence-corrected chi connectivity index (χ0v) is 11.9. The Labute approximate surface area is 92.3 Å². The summed E-state index contributed by atoms with van der Waals surface area (Å²) in [4.78, 5) is 4.51. The van der Waals surface area contributed by atoms with Crippen LogP contribution >= 0.6 is 0 Å². The summed E-state index contributed by atoms with van der Waals surface area (Å²) < 4.78 is 0. The Kier molecular flexibility index (Phi) is 21.4. The van der Waals surface area contributed by atoms with Gasteiger partial charge in [0.1, 0.15) is 0 Å². The summed E-state index contributed by atoms with van der Waals surface area (Å²) in [5, 5.41) is 0. The van der Waals surface area contributed by atoms with E-state index in [1.807, 2.05) is 27.7 Å². The summed E-state index contributed by atoms with van der Waals surface area (Å²) in [6.45, 7) is 11.4. The molecule has 0 heterocycles. The highest BCUT2D eigenvalue weighted by Gasteiger charge is 2.08. The fraction of sp³-hybridized carbons (Fsp3) is 1.00. The third-order valence-electron chi connectivity index (χ3n) is 1.78. The Morgan fingerprint density at radius 2 is 1.21 bits per heavy atom. The molecule has 0 aliphatic heterocycles. The minimum Gasteiger partial charge on any atom is -0.308 e. The number of rotatable bonds is 4. The van der Waals surface area contributed by atoms with Crippen molar-refractivity contribution in [2.45, 2.75) is 47.1 Å². The van der Waals surface area contributed by atoms with Crippen LogP contribution in [0.2, 0.25) is 0 Å². The van der Waals surface area contributed by atoms with E-state index in [-0.39, 0.29) is 0 Å². The highest BCUT2D eigenvalue weighted by molar-refractivity contribution is 4.65. The van der Waals surface area contributed by atoms with Gasteiger partial charge in [0.05, 0.1) is 0 Å². The van der Waals surface area contributed by atoms with Crippen molar-refractivity contribution in [1.82, 2.24) is 9.80 Å². The van der Waals surface area contributed by atoms with Crippen molar-refractivity contribution < 1.29 is 0 Å². The Hall–Kier alpha value is -0.0800. The molecule has 0 saturated heterocycles. The molecule has 0 aromatic rings. The van der Waals surface area contributed by atoms with Gasteiger partial charge in [-0.3, -0.25) is 0 Å². The lowest BCUT2D eigenvalue weighted by Gasteiger charge is -2.25. The van der Waals surface area contributed by atoms with Gasteiger partial charge in [-0.25, -0.2) is 0 Å². The van der Waals surface area contributed by atoms with E-state index in [0.717, 1.165) is 6.54 Å². The van der Waals surface area contributed by atoms with Crippen LogP contribution < -0.4 is 0 Å². The van der Waals surface area contributed by atoms with Gasteiger partial charge in [-0.1, -0.05) is 34.6 Å². The average Bonchev–Trinajstić information content (AvgIpc) is 2.19. The van der Waals surface area contributed by atoms with Crippen molar-refractivity contribution in [3.05, 3.63) is 0 Å². The van der Waals surface area contributed by atoms with E-state index in [2.05, 4.69) is 44.9 Å². The summed E-state index contributed by atoms with van der Waals surface area (Å²) in [5.74, 6) is 0. The molecule has 0 amide bonds. The van der Waals surface area contributed by atoms with Crippen LogP contribution in [0.5, 0.6) is 0 Å². The molecular weight excluding hydrogens is 172 g/mol. The minimum absolute atomic E-state index is 0.704. The maximum Gasteiger partial charge on any atom is 0.0214 e. The van der Waals surface area contributed by atoms with E-state index in [1.165, 1.54) is 6.42 Å². The first kappa shape index (κ1) is 19.5. The van der Waals surface area contributed by atoms with Crippen molar-refractivity contribution in [1.29, 1.82) is 0 Å². The smallest absolute Gasteiger partial charge is 0.0214 e. The van der Waals surface area contributed by atoms with Crippen molar-refractivity contribution >= 4 is 0 Å². The fourth-order valence-corrected chi connectivity index (χ4v) is 1.08. The van der Waals surface area contributed by atoms with Crippen molar-refractivity contribution in [3.63, 3.8) is 0 Å². The largest absolute Gasteiger partial charge is 0.308 e. The van der Waals surface area contributed by atoms with Crippen LogP contribution in [0.3, 0.4) is 0 Å². The molecule has 2 nitrogen and oxygen atoms in total. The van der Waals surface area contributed by atoms with Gasteiger partial charge < -0.3 is 9.80 Å². The molecule has 0 fully saturated rings. The van der Waals surface area contributed by atoms with Crippen LogP contribution in [0, 0.1) is 0 Å². The quantitative estimate of drug-likeness (QED) is 0.695. The van der Waals surface area contributed by atoms with Crippen LogP contribution in [-0.2, 0) is 0 Å². The molecule has 0 saturated carbocycles. The molecule has 0 spiro atoms. The molecule has 90 valence electrons. The van der Waals surface area contributed by atoms with Crippen LogP contribution in [0.4, 0.5) is 0 Å². The number of likely N-dealkylation sites (N-methyl/N-ethyl adjacent to an activating group) is 2. The SMILES string of the molecule is CC.CC.CCC(CN(C)C)N(C)C.